The van der Waals surface area contributed by atoms with Gasteiger partial charge in [-0.05, 0) is 13.8 Å². The lowest BCUT2D eigenvalue weighted by Gasteiger charge is -2.07. The van der Waals surface area contributed by atoms with E-state index in [1.807, 2.05) is 0 Å². The highest BCUT2D eigenvalue weighted by atomic mass is 31.2. The van der Waals surface area contributed by atoms with E-state index in [0.717, 1.165) is 0 Å². The third kappa shape index (κ3) is 7.52. The van der Waals surface area contributed by atoms with Crippen LogP contribution in [0.1, 0.15) is 13.8 Å². The molecular formula is C5H11O5P. The predicted octanol–water partition coefficient (Wildman–Crippen LogP) is 0.116. The second-order valence-electron chi connectivity index (χ2n) is 2.36. The van der Waals surface area contributed by atoms with Crippen LogP contribution in [-0.2, 0) is 14.1 Å². The molecule has 2 N–H and O–H groups in total. The first-order valence-electron chi connectivity index (χ1n) is 3.05. The van der Waals surface area contributed by atoms with Gasteiger partial charge in [-0.1, -0.05) is 0 Å². The van der Waals surface area contributed by atoms with Gasteiger partial charge in [-0.15, -0.1) is 0 Å². The molecule has 6 heteroatoms. The molecule has 66 valence electrons. The summed E-state index contributed by atoms with van der Waals surface area (Å²) in [7, 11) is -4.25. The number of esters is 1. The van der Waals surface area contributed by atoms with Crippen molar-refractivity contribution in [2.75, 3.05) is 6.16 Å². The van der Waals surface area contributed by atoms with Crippen LogP contribution in [0.3, 0.4) is 0 Å². The van der Waals surface area contributed by atoms with E-state index >= 15 is 0 Å². The smallest absolute Gasteiger partial charge is 0.336 e. The fraction of sp³-hybridized carbons (Fsp3) is 0.800. The Morgan fingerprint density at radius 3 is 2.27 bits per heavy atom. The Morgan fingerprint density at radius 2 is 2.00 bits per heavy atom. The molecule has 0 saturated heterocycles. The van der Waals surface area contributed by atoms with Crippen LogP contribution in [0, 0.1) is 0 Å². The lowest BCUT2D eigenvalue weighted by molar-refractivity contribution is -0.144. The second kappa shape index (κ2) is 3.85. The van der Waals surface area contributed by atoms with E-state index in [-0.39, 0.29) is 6.10 Å². The maximum Gasteiger partial charge on any atom is 0.336 e. The zero-order chi connectivity index (χ0) is 9.07. The molecule has 0 saturated carbocycles. The van der Waals surface area contributed by atoms with Crippen LogP contribution >= 0.6 is 7.60 Å². The molecule has 0 aliphatic heterocycles. The SMILES string of the molecule is CC(C)OC(=O)CP(=O)(O)O. The molecule has 0 spiro atoms. The van der Waals surface area contributed by atoms with Crippen LogP contribution in [0.2, 0.25) is 0 Å². The van der Waals surface area contributed by atoms with E-state index in [1.165, 1.54) is 0 Å². The average Bonchev–Trinajstić information content (AvgIpc) is 1.53. The lowest BCUT2D eigenvalue weighted by atomic mass is 10.5. The zero-order valence-corrected chi connectivity index (χ0v) is 7.25. The third-order valence-corrected chi connectivity index (χ3v) is 1.37. The van der Waals surface area contributed by atoms with Gasteiger partial charge in [-0.2, -0.15) is 0 Å². The molecule has 0 aromatic heterocycles. The van der Waals surface area contributed by atoms with Crippen molar-refractivity contribution in [2.24, 2.45) is 0 Å². The maximum absolute atomic E-state index is 10.6. The molecule has 0 unspecified atom stereocenters. The molecule has 0 aromatic rings. The van der Waals surface area contributed by atoms with Crippen molar-refractivity contribution in [1.29, 1.82) is 0 Å². The molecule has 0 fully saturated rings. The summed E-state index contributed by atoms with van der Waals surface area (Å²) >= 11 is 0. The first kappa shape index (κ1) is 10.6. The first-order chi connectivity index (χ1) is 4.81. The summed E-state index contributed by atoms with van der Waals surface area (Å²) in [6.07, 6.45) is -1.18. The molecule has 0 rings (SSSR count). The van der Waals surface area contributed by atoms with E-state index in [4.69, 9.17) is 9.79 Å². The third-order valence-electron chi connectivity index (χ3n) is 0.702. The number of hydrogen-bond donors (Lipinski definition) is 2. The van der Waals surface area contributed by atoms with Gasteiger partial charge < -0.3 is 14.5 Å². The standard InChI is InChI=1S/C5H11O5P/c1-4(2)10-5(6)3-11(7,8)9/h4H,3H2,1-2H3,(H2,7,8,9). The summed E-state index contributed by atoms with van der Waals surface area (Å²) in [6.45, 7) is 3.22. The summed E-state index contributed by atoms with van der Waals surface area (Å²) in [5.41, 5.74) is 0. The van der Waals surface area contributed by atoms with Gasteiger partial charge in [0.05, 0.1) is 6.10 Å². The number of rotatable bonds is 3. The Morgan fingerprint density at radius 1 is 1.55 bits per heavy atom. The Balaban J connectivity index is 3.80. The Labute approximate surface area is 64.5 Å². The summed E-state index contributed by atoms with van der Waals surface area (Å²) in [4.78, 5) is 27.2. The van der Waals surface area contributed by atoms with Crippen LogP contribution in [0.15, 0.2) is 0 Å². The van der Waals surface area contributed by atoms with Gasteiger partial charge in [-0.25, -0.2) is 0 Å². The van der Waals surface area contributed by atoms with Crippen molar-refractivity contribution in [3.63, 3.8) is 0 Å². The Kier molecular flexibility index (Phi) is 3.72. The van der Waals surface area contributed by atoms with Crippen molar-refractivity contribution in [3.05, 3.63) is 0 Å². The largest absolute Gasteiger partial charge is 0.462 e. The van der Waals surface area contributed by atoms with E-state index in [9.17, 15) is 9.36 Å². The van der Waals surface area contributed by atoms with Gasteiger partial charge in [0, 0.05) is 0 Å². The molecule has 0 heterocycles. The number of hydrogen-bond acceptors (Lipinski definition) is 3. The number of carbonyl (C=O) groups excluding carboxylic acids is 1. The van der Waals surface area contributed by atoms with Crippen molar-refractivity contribution >= 4 is 13.6 Å². The lowest BCUT2D eigenvalue weighted by Crippen LogP contribution is -2.14. The average molecular weight is 182 g/mol. The van der Waals surface area contributed by atoms with Gasteiger partial charge in [0.25, 0.3) is 0 Å². The minimum absolute atomic E-state index is 0.339. The zero-order valence-electron chi connectivity index (χ0n) is 6.35. The van der Waals surface area contributed by atoms with E-state index in [0.29, 0.717) is 0 Å². The summed E-state index contributed by atoms with van der Waals surface area (Å²) in [5, 5.41) is 0. The highest BCUT2D eigenvalue weighted by molar-refractivity contribution is 7.52. The van der Waals surface area contributed by atoms with Crippen LogP contribution in [0.5, 0.6) is 0 Å². The van der Waals surface area contributed by atoms with Crippen LogP contribution in [0.4, 0.5) is 0 Å². The molecule has 0 bridgehead atoms. The maximum atomic E-state index is 10.6. The fourth-order valence-electron chi connectivity index (χ4n) is 0.468. The molecule has 11 heavy (non-hydrogen) atoms. The quantitative estimate of drug-likeness (QED) is 0.478. The molecule has 5 nitrogen and oxygen atoms in total. The van der Waals surface area contributed by atoms with Gasteiger partial charge in [0.2, 0.25) is 0 Å². The molecule has 0 aromatic carbocycles. The van der Waals surface area contributed by atoms with E-state index in [1.54, 1.807) is 13.8 Å². The second-order valence-corrected chi connectivity index (χ2v) is 4.01. The minimum atomic E-state index is -4.25. The van der Waals surface area contributed by atoms with Crippen molar-refractivity contribution < 1.29 is 23.9 Å². The number of carbonyl (C=O) groups is 1. The predicted molar refractivity (Wildman–Crippen MR) is 38.1 cm³/mol. The topological polar surface area (TPSA) is 83.8 Å². The molecule has 0 aliphatic rings. The number of ether oxygens (including phenoxy) is 1. The van der Waals surface area contributed by atoms with Crippen molar-refractivity contribution in [3.8, 4) is 0 Å². The fourth-order valence-corrected chi connectivity index (χ4v) is 0.879. The van der Waals surface area contributed by atoms with Gasteiger partial charge in [0.1, 0.15) is 6.16 Å². The van der Waals surface area contributed by atoms with E-state index in [2.05, 4.69) is 4.74 Å². The first-order valence-corrected chi connectivity index (χ1v) is 4.85. The molecule has 0 atom stereocenters. The van der Waals surface area contributed by atoms with Crippen LogP contribution in [0.25, 0.3) is 0 Å². The summed E-state index contributed by atoms with van der Waals surface area (Å²) in [5.74, 6) is -0.867. The minimum Gasteiger partial charge on any atom is -0.462 e. The monoisotopic (exact) mass is 182 g/mol. The Bertz CT molecular complexity index is 181. The Hall–Kier alpha value is -0.380. The van der Waals surface area contributed by atoms with Gasteiger partial charge in [0.15, 0.2) is 0 Å². The van der Waals surface area contributed by atoms with Crippen molar-refractivity contribution in [1.82, 2.24) is 0 Å². The molecule has 0 aliphatic carbocycles. The van der Waals surface area contributed by atoms with Crippen LogP contribution < -0.4 is 0 Å². The molecule has 0 radical (unpaired) electrons. The highest BCUT2D eigenvalue weighted by Crippen LogP contribution is 2.33. The molecular weight excluding hydrogens is 171 g/mol. The molecule has 0 amide bonds. The van der Waals surface area contributed by atoms with Gasteiger partial charge in [-0.3, -0.25) is 9.36 Å². The summed E-state index contributed by atoms with van der Waals surface area (Å²) < 4.78 is 14.7. The van der Waals surface area contributed by atoms with Gasteiger partial charge >= 0.3 is 13.6 Å². The normalized spacial score (nSPS) is 11.7. The van der Waals surface area contributed by atoms with Crippen molar-refractivity contribution in [2.45, 2.75) is 20.0 Å². The summed E-state index contributed by atoms with van der Waals surface area (Å²) in [6, 6.07) is 0. The van der Waals surface area contributed by atoms with E-state index < -0.39 is 19.7 Å². The highest BCUT2D eigenvalue weighted by Gasteiger charge is 2.20. The van der Waals surface area contributed by atoms with Crippen LogP contribution in [-0.4, -0.2) is 28.0 Å².